The van der Waals surface area contributed by atoms with Crippen LogP contribution in [0.2, 0.25) is 0 Å². The molecule has 1 saturated carbocycles. The van der Waals surface area contributed by atoms with Crippen LogP contribution in [0, 0.1) is 23.7 Å². The minimum atomic E-state index is -0.658. The van der Waals surface area contributed by atoms with Gasteiger partial charge in [-0.05, 0) is 30.6 Å². The van der Waals surface area contributed by atoms with Crippen LogP contribution in [0.3, 0.4) is 0 Å². The van der Waals surface area contributed by atoms with Crippen molar-refractivity contribution < 1.29 is 14.4 Å². The molecule has 0 radical (unpaired) electrons. The van der Waals surface area contributed by atoms with Crippen LogP contribution in [0.1, 0.15) is 46.5 Å². The van der Waals surface area contributed by atoms with Crippen LogP contribution in [0.15, 0.2) is 0 Å². The predicted octanol–water partition coefficient (Wildman–Crippen LogP) is 2.16. The summed E-state index contributed by atoms with van der Waals surface area (Å²) >= 11 is 0. The molecule has 2 atom stereocenters. The molecular weight excluding hydrogens is 256 g/mol. The van der Waals surface area contributed by atoms with Crippen molar-refractivity contribution in [1.29, 1.82) is 0 Å². The third kappa shape index (κ3) is 2.86. The maximum atomic E-state index is 12.5. The van der Waals surface area contributed by atoms with E-state index in [9.17, 15) is 14.4 Å². The van der Waals surface area contributed by atoms with Crippen LogP contribution in [-0.2, 0) is 9.59 Å². The maximum Gasteiger partial charge on any atom is 0.330 e. The normalized spacial score (nSPS) is 26.3. The van der Waals surface area contributed by atoms with Gasteiger partial charge in [-0.25, -0.2) is 4.79 Å². The molecule has 2 aliphatic rings. The highest BCUT2D eigenvalue weighted by molar-refractivity contribution is 6.16. The molecule has 1 N–H and O–H groups in total. The highest BCUT2D eigenvalue weighted by Gasteiger charge is 2.45. The number of carbonyl (C=O) groups is 3. The van der Waals surface area contributed by atoms with Crippen LogP contribution < -0.4 is 5.32 Å². The minimum Gasteiger partial charge on any atom is -0.277 e. The Morgan fingerprint density at radius 1 is 1.15 bits per heavy atom. The van der Waals surface area contributed by atoms with Crippen molar-refractivity contribution in [2.45, 2.75) is 46.5 Å². The number of carbonyl (C=O) groups excluding carboxylic acids is 3. The van der Waals surface area contributed by atoms with Crippen molar-refractivity contribution >= 4 is 17.8 Å². The monoisotopic (exact) mass is 280 g/mol. The number of imide groups is 2. The van der Waals surface area contributed by atoms with Gasteiger partial charge in [-0.2, -0.15) is 0 Å². The number of nitrogens with one attached hydrogen (secondary N) is 1. The Kier molecular flexibility index (Phi) is 4.45. The summed E-state index contributed by atoms with van der Waals surface area (Å²) in [5, 5.41) is 2.36. The van der Waals surface area contributed by atoms with E-state index in [-0.39, 0.29) is 17.7 Å². The summed E-state index contributed by atoms with van der Waals surface area (Å²) < 4.78 is 0. The van der Waals surface area contributed by atoms with Crippen molar-refractivity contribution in [1.82, 2.24) is 10.2 Å². The van der Waals surface area contributed by atoms with E-state index in [4.69, 9.17) is 0 Å². The van der Waals surface area contributed by atoms with Gasteiger partial charge in [0.05, 0.1) is 0 Å². The highest BCUT2D eigenvalue weighted by atomic mass is 16.2. The largest absolute Gasteiger partial charge is 0.330 e. The van der Waals surface area contributed by atoms with Gasteiger partial charge in [0.25, 0.3) is 0 Å². The van der Waals surface area contributed by atoms with Crippen LogP contribution >= 0.6 is 0 Å². The van der Waals surface area contributed by atoms with Crippen molar-refractivity contribution in [3.63, 3.8) is 0 Å². The number of urea groups is 1. The molecule has 0 aromatic heterocycles. The van der Waals surface area contributed by atoms with Gasteiger partial charge in [0.1, 0.15) is 5.92 Å². The first-order chi connectivity index (χ1) is 9.41. The third-order valence-electron chi connectivity index (χ3n) is 4.77. The molecule has 1 heterocycles. The third-order valence-corrected chi connectivity index (χ3v) is 4.77. The molecule has 2 rings (SSSR count). The van der Waals surface area contributed by atoms with E-state index in [0.29, 0.717) is 12.5 Å². The first-order valence-corrected chi connectivity index (χ1v) is 7.58. The first-order valence-electron chi connectivity index (χ1n) is 7.58. The Morgan fingerprint density at radius 3 is 2.30 bits per heavy atom. The fraction of sp³-hybridized carbons (Fsp3) is 0.800. The Bertz CT molecular complexity index is 413. The van der Waals surface area contributed by atoms with Crippen LogP contribution in [0.4, 0.5) is 4.79 Å². The van der Waals surface area contributed by atoms with Crippen molar-refractivity contribution in [2.75, 3.05) is 6.54 Å². The van der Waals surface area contributed by atoms with Crippen molar-refractivity contribution in [3.05, 3.63) is 0 Å². The second kappa shape index (κ2) is 5.94. The number of amides is 4. The Morgan fingerprint density at radius 2 is 1.75 bits per heavy atom. The fourth-order valence-corrected chi connectivity index (χ4v) is 3.01. The van der Waals surface area contributed by atoms with Crippen molar-refractivity contribution in [3.8, 4) is 0 Å². The molecule has 0 aromatic rings. The van der Waals surface area contributed by atoms with Gasteiger partial charge in [0, 0.05) is 6.54 Å². The number of nitrogens with zero attached hydrogens (tertiary/aromatic N) is 1. The molecule has 20 heavy (non-hydrogen) atoms. The molecule has 0 bridgehead atoms. The second-order valence-corrected chi connectivity index (χ2v) is 6.49. The molecule has 1 aliphatic heterocycles. The smallest absolute Gasteiger partial charge is 0.277 e. The topological polar surface area (TPSA) is 66.5 Å². The van der Waals surface area contributed by atoms with Crippen molar-refractivity contribution in [2.24, 2.45) is 23.7 Å². The summed E-state index contributed by atoms with van der Waals surface area (Å²) in [5.41, 5.74) is 0. The first kappa shape index (κ1) is 15.0. The minimum absolute atomic E-state index is 0.104. The standard InChI is InChI=1S/C15H24N2O3/c1-9(2)10(3)8-17-14(19)12(11-6-4-5-7-11)13(18)16-15(17)20/h9-12H,4-8H2,1-3H3,(H,16,18,20). The molecule has 0 aromatic carbocycles. The molecule has 112 valence electrons. The van der Waals surface area contributed by atoms with E-state index in [2.05, 4.69) is 19.2 Å². The average Bonchev–Trinajstić information content (AvgIpc) is 2.87. The van der Waals surface area contributed by atoms with E-state index in [1.165, 1.54) is 4.90 Å². The van der Waals surface area contributed by atoms with E-state index in [0.717, 1.165) is 25.7 Å². The number of rotatable bonds is 4. The predicted molar refractivity (Wildman–Crippen MR) is 74.7 cm³/mol. The molecule has 5 nitrogen and oxygen atoms in total. The molecule has 2 fully saturated rings. The van der Waals surface area contributed by atoms with E-state index in [1.807, 2.05) is 6.92 Å². The molecule has 5 heteroatoms. The zero-order valence-electron chi connectivity index (χ0n) is 12.5. The lowest BCUT2D eigenvalue weighted by Crippen LogP contribution is -2.60. The molecule has 1 aliphatic carbocycles. The fourth-order valence-electron chi connectivity index (χ4n) is 3.01. The summed E-state index contributed by atoms with van der Waals surface area (Å²) in [4.78, 5) is 37.7. The van der Waals surface area contributed by atoms with Crippen LogP contribution in [0.5, 0.6) is 0 Å². The zero-order valence-corrected chi connectivity index (χ0v) is 12.5. The van der Waals surface area contributed by atoms with Gasteiger partial charge in [-0.3, -0.25) is 19.8 Å². The van der Waals surface area contributed by atoms with Crippen LogP contribution in [0.25, 0.3) is 0 Å². The number of hydrogen-bond donors (Lipinski definition) is 1. The Labute approximate surface area is 120 Å². The van der Waals surface area contributed by atoms with Gasteiger partial charge in [0.2, 0.25) is 11.8 Å². The summed E-state index contributed by atoms with van der Waals surface area (Å²) in [5.74, 6) is -0.638. The van der Waals surface area contributed by atoms with E-state index in [1.54, 1.807) is 0 Å². The summed E-state index contributed by atoms with van der Waals surface area (Å²) in [7, 11) is 0. The Hall–Kier alpha value is -1.39. The van der Waals surface area contributed by atoms with Gasteiger partial charge < -0.3 is 0 Å². The lowest BCUT2D eigenvalue weighted by Gasteiger charge is -2.34. The Balaban J connectivity index is 2.13. The van der Waals surface area contributed by atoms with Gasteiger partial charge in [0.15, 0.2) is 0 Å². The lowest BCUT2D eigenvalue weighted by molar-refractivity contribution is -0.145. The second-order valence-electron chi connectivity index (χ2n) is 6.49. The van der Waals surface area contributed by atoms with Crippen LogP contribution in [-0.4, -0.2) is 29.3 Å². The zero-order chi connectivity index (χ0) is 14.9. The summed E-state index contributed by atoms with van der Waals surface area (Å²) in [6.45, 7) is 6.54. The van der Waals surface area contributed by atoms with Gasteiger partial charge in [-0.1, -0.05) is 33.6 Å². The van der Waals surface area contributed by atoms with E-state index < -0.39 is 17.9 Å². The highest BCUT2D eigenvalue weighted by Crippen LogP contribution is 2.34. The SMILES string of the molecule is CC(C)C(C)CN1C(=O)NC(=O)C(C2CCCC2)C1=O. The van der Waals surface area contributed by atoms with Gasteiger partial charge in [-0.15, -0.1) is 0 Å². The average molecular weight is 280 g/mol. The lowest BCUT2D eigenvalue weighted by atomic mass is 9.87. The molecule has 2 unspecified atom stereocenters. The maximum absolute atomic E-state index is 12.5. The number of barbiturate groups is 1. The summed E-state index contributed by atoms with van der Waals surface area (Å²) in [6, 6.07) is -0.554. The van der Waals surface area contributed by atoms with Gasteiger partial charge >= 0.3 is 6.03 Å². The molecular formula is C15H24N2O3. The molecule has 4 amide bonds. The summed E-state index contributed by atoms with van der Waals surface area (Å²) in [6.07, 6.45) is 3.95. The molecule has 0 spiro atoms. The van der Waals surface area contributed by atoms with E-state index >= 15 is 0 Å². The molecule has 1 saturated heterocycles. The quantitative estimate of drug-likeness (QED) is 0.802. The number of hydrogen-bond acceptors (Lipinski definition) is 3.